The number of anilines is 2. The number of hydrogen-bond donors (Lipinski definition) is 1. The molecule has 6 nitrogen and oxygen atoms in total. The number of fused-ring (bicyclic) bond motifs is 1. The van der Waals surface area contributed by atoms with Gasteiger partial charge < -0.3 is 19.5 Å². The van der Waals surface area contributed by atoms with Gasteiger partial charge in [-0.15, -0.1) is 11.3 Å². The minimum absolute atomic E-state index is 0.489. The predicted molar refractivity (Wildman–Crippen MR) is 116 cm³/mol. The second kappa shape index (κ2) is 8.89. The first-order valence-electron chi connectivity index (χ1n) is 9.12. The third-order valence-corrected chi connectivity index (χ3v) is 5.06. The summed E-state index contributed by atoms with van der Waals surface area (Å²) in [5.41, 5.74) is 6.55. The molecule has 148 valence electrons. The Kier molecular flexibility index (Phi) is 5.88. The predicted octanol–water partition coefficient (Wildman–Crippen LogP) is 5.14. The molecule has 7 heteroatoms. The summed E-state index contributed by atoms with van der Waals surface area (Å²) < 4.78 is 16.2. The molecule has 2 heterocycles. The Bertz CT molecular complexity index is 1100. The summed E-state index contributed by atoms with van der Waals surface area (Å²) in [5, 5.41) is 6.51. The second-order valence-electron chi connectivity index (χ2n) is 6.29. The van der Waals surface area contributed by atoms with Crippen molar-refractivity contribution >= 4 is 33.6 Å². The lowest BCUT2D eigenvalue weighted by atomic mass is 10.1. The molecule has 2 aromatic heterocycles. The average molecular weight is 407 g/mol. The lowest BCUT2D eigenvalue weighted by molar-refractivity contribution is 0.146. The number of rotatable bonds is 8. The van der Waals surface area contributed by atoms with Crippen LogP contribution in [0.15, 0.2) is 59.6 Å². The maximum Gasteiger partial charge on any atom is 0.145 e. The van der Waals surface area contributed by atoms with E-state index in [2.05, 4.69) is 33.5 Å². The molecule has 0 bridgehead atoms. The third-order valence-electron chi connectivity index (χ3n) is 4.47. The lowest BCUT2D eigenvalue weighted by Gasteiger charge is -2.15. The molecule has 0 saturated heterocycles. The van der Waals surface area contributed by atoms with E-state index in [9.17, 15) is 0 Å². The van der Waals surface area contributed by atoms with Gasteiger partial charge in [-0.05, 0) is 24.3 Å². The third kappa shape index (κ3) is 4.31. The zero-order valence-corrected chi connectivity index (χ0v) is 17.0. The number of nitrogens with one attached hydrogen (secondary N) is 1. The van der Waals surface area contributed by atoms with Crippen molar-refractivity contribution in [1.29, 1.82) is 0 Å². The monoisotopic (exact) mass is 407 g/mol. The van der Waals surface area contributed by atoms with Crippen molar-refractivity contribution in [3.05, 3.63) is 59.6 Å². The number of pyridine rings is 1. The fourth-order valence-electron chi connectivity index (χ4n) is 3.02. The Hall–Kier alpha value is -3.16. The fourth-order valence-corrected chi connectivity index (χ4v) is 3.59. The van der Waals surface area contributed by atoms with Crippen LogP contribution in [0.3, 0.4) is 0 Å². The van der Waals surface area contributed by atoms with Crippen molar-refractivity contribution in [1.82, 2.24) is 9.97 Å². The van der Waals surface area contributed by atoms with Gasteiger partial charge in [-0.3, -0.25) is 4.98 Å². The molecule has 0 spiro atoms. The molecule has 0 amide bonds. The smallest absolute Gasteiger partial charge is 0.145 e. The van der Waals surface area contributed by atoms with E-state index in [0.717, 1.165) is 39.3 Å². The van der Waals surface area contributed by atoms with Crippen LogP contribution in [0.4, 0.5) is 11.4 Å². The van der Waals surface area contributed by atoms with E-state index < -0.39 is 0 Å². The van der Waals surface area contributed by atoms with Crippen LogP contribution in [0, 0.1) is 0 Å². The van der Waals surface area contributed by atoms with Gasteiger partial charge in [0.05, 0.1) is 36.1 Å². The van der Waals surface area contributed by atoms with Crippen molar-refractivity contribution in [2.45, 2.75) is 0 Å². The van der Waals surface area contributed by atoms with Crippen LogP contribution in [0.1, 0.15) is 0 Å². The highest BCUT2D eigenvalue weighted by Crippen LogP contribution is 2.34. The summed E-state index contributed by atoms with van der Waals surface area (Å²) in [6, 6.07) is 13.8. The molecule has 1 N–H and O–H groups in total. The van der Waals surface area contributed by atoms with Crippen molar-refractivity contribution in [3.8, 4) is 22.8 Å². The van der Waals surface area contributed by atoms with E-state index in [1.54, 1.807) is 31.8 Å². The van der Waals surface area contributed by atoms with Crippen molar-refractivity contribution in [2.75, 3.05) is 32.8 Å². The number of hydrogen-bond acceptors (Lipinski definition) is 7. The summed E-state index contributed by atoms with van der Waals surface area (Å²) in [5.74, 6) is 1.43. The van der Waals surface area contributed by atoms with Crippen LogP contribution in [0.5, 0.6) is 11.5 Å². The number of nitrogens with zero attached hydrogens (tertiary/aromatic N) is 2. The molecule has 0 aliphatic rings. The van der Waals surface area contributed by atoms with Crippen LogP contribution in [-0.2, 0) is 4.74 Å². The molecule has 0 atom stereocenters. The summed E-state index contributed by atoms with van der Waals surface area (Å²) in [4.78, 5) is 8.90. The van der Waals surface area contributed by atoms with Gasteiger partial charge in [0.15, 0.2) is 0 Å². The van der Waals surface area contributed by atoms with Gasteiger partial charge in [-0.1, -0.05) is 12.1 Å². The van der Waals surface area contributed by atoms with Gasteiger partial charge in [0.25, 0.3) is 0 Å². The van der Waals surface area contributed by atoms with E-state index in [-0.39, 0.29) is 0 Å². The maximum absolute atomic E-state index is 5.67. The summed E-state index contributed by atoms with van der Waals surface area (Å²) in [6.45, 7) is 1.02. The molecule has 4 rings (SSSR count). The molecule has 29 heavy (non-hydrogen) atoms. The SMILES string of the molecule is COCCOc1ccc(Nc2ccnc3cc(-c4cscn4)ccc23)c(OC)c1. The van der Waals surface area contributed by atoms with E-state index in [0.29, 0.717) is 19.0 Å². The molecular formula is C22H21N3O3S. The molecule has 0 unspecified atom stereocenters. The van der Waals surface area contributed by atoms with Crippen molar-refractivity contribution in [3.63, 3.8) is 0 Å². The highest BCUT2D eigenvalue weighted by atomic mass is 32.1. The minimum atomic E-state index is 0.489. The zero-order valence-electron chi connectivity index (χ0n) is 16.2. The number of ether oxygens (including phenoxy) is 3. The Morgan fingerprint density at radius 2 is 1.90 bits per heavy atom. The number of aromatic nitrogens is 2. The number of thiazole rings is 1. The average Bonchev–Trinajstić information content (AvgIpc) is 3.29. The van der Waals surface area contributed by atoms with Gasteiger partial charge in [0.2, 0.25) is 0 Å². The summed E-state index contributed by atoms with van der Waals surface area (Å²) in [6.07, 6.45) is 1.80. The van der Waals surface area contributed by atoms with E-state index in [4.69, 9.17) is 14.2 Å². The van der Waals surface area contributed by atoms with Gasteiger partial charge in [-0.2, -0.15) is 0 Å². The zero-order chi connectivity index (χ0) is 20.1. The van der Waals surface area contributed by atoms with Crippen LogP contribution in [0.25, 0.3) is 22.2 Å². The quantitative estimate of drug-likeness (QED) is 0.408. The lowest BCUT2D eigenvalue weighted by Crippen LogP contribution is -2.04. The highest BCUT2D eigenvalue weighted by molar-refractivity contribution is 7.07. The molecule has 4 aromatic rings. The van der Waals surface area contributed by atoms with Crippen LogP contribution in [0.2, 0.25) is 0 Å². The second-order valence-corrected chi connectivity index (χ2v) is 7.01. The first-order chi connectivity index (χ1) is 14.3. The van der Waals surface area contributed by atoms with Crippen molar-refractivity contribution < 1.29 is 14.2 Å². The van der Waals surface area contributed by atoms with Gasteiger partial charge in [-0.25, -0.2) is 4.98 Å². The minimum Gasteiger partial charge on any atom is -0.494 e. The first kappa shape index (κ1) is 19.2. The number of benzene rings is 2. The molecule has 2 aromatic carbocycles. The topological polar surface area (TPSA) is 65.5 Å². The maximum atomic E-state index is 5.67. The molecule has 0 radical (unpaired) electrons. The van der Waals surface area contributed by atoms with Crippen LogP contribution in [-0.4, -0.2) is 37.4 Å². The van der Waals surface area contributed by atoms with Crippen LogP contribution >= 0.6 is 11.3 Å². The van der Waals surface area contributed by atoms with Gasteiger partial charge in [0, 0.05) is 41.4 Å². The Balaban J connectivity index is 1.62. The first-order valence-corrected chi connectivity index (χ1v) is 10.1. The van der Waals surface area contributed by atoms with Crippen LogP contribution < -0.4 is 14.8 Å². The molecule has 0 fully saturated rings. The Labute approximate surface area is 173 Å². The molecule has 0 aliphatic heterocycles. The largest absolute Gasteiger partial charge is 0.494 e. The van der Waals surface area contributed by atoms with Gasteiger partial charge in [0.1, 0.15) is 18.1 Å². The van der Waals surface area contributed by atoms with Gasteiger partial charge >= 0.3 is 0 Å². The summed E-state index contributed by atoms with van der Waals surface area (Å²) >= 11 is 1.58. The van der Waals surface area contributed by atoms with E-state index in [1.807, 2.05) is 35.2 Å². The molecule has 0 saturated carbocycles. The number of methoxy groups -OCH3 is 2. The van der Waals surface area contributed by atoms with E-state index in [1.165, 1.54) is 0 Å². The Morgan fingerprint density at radius 1 is 0.966 bits per heavy atom. The standard InChI is InChI=1S/C22H21N3O3S/c1-26-9-10-28-16-4-6-19(22(12-16)27-2)25-18-7-8-23-20-11-15(3-5-17(18)20)21-13-29-14-24-21/h3-8,11-14H,9-10H2,1-2H3,(H,23,25). The molecular weight excluding hydrogens is 386 g/mol. The van der Waals surface area contributed by atoms with E-state index >= 15 is 0 Å². The Morgan fingerprint density at radius 3 is 2.69 bits per heavy atom. The molecule has 0 aliphatic carbocycles. The van der Waals surface area contributed by atoms with Crippen molar-refractivity contribution in [2.24, 2.45) is 0 Å². The summed E-state index contributed by atoms with van der Waals surface area (Å²) in [7, 11) is 3.29. The normalized spacial score (nSPS) is 10.8. The fraction of sp³-hybridized carbons (Fsp3) is 0.182. The highest BCUT2D eigenvalue weighted by Gasteiger charge is 2.10.